The highest BCUT2D eigenvalue weighted by molar-refractivity contribution is 7.07. The van der Waals surface area contributed by atoms with Crippen LogP contribution in [-0.2, 0) is 16.1 Å². The minimum Gasteiger partial charge on any atom is -0.387 e. The molecule has 1 heterocycles. The van der Waals surface area contributed by atoms with Gasteiger partial charge in [-0.3, -0.25) is 9.59 Å². The monoisotopic (exact) mass is 338 g/mol. The van der Waals surface area contributed by atoms with Crippen LogP contribution >= 0.6 is 22.9 Å². The van der Waals surface area contributed by atoms with Gasteiger partial charge in [0.15, 0.2) is 0 Å². The van der Waals surface area contributed by atoms with Crippen LogP contribution in [0.25, 0.3) is 0 Å². The number of nitrogens with one attached hydrogen (secondary N) is 2. The molecule has 0 aliphatic carbocycles. The molecule has 2 rings (SSSR count). The van der Waals surface area contributed by atoms with Crippen molar-refractivity contribution in [2.45, 2.75) is 12.6 Å². The van der Waals surface area contributed by atoms with Crippen molar-refractivity contribution in [3.63, 3.8) is 0 Å². The number of rotatable bonds is 5. The lowest BCUT2D eigenvalue weighted by Crippen LogP contribution is -2.41. The Hall–Kier alpha value is -1.89. The zero-order valence-corrected chi connectivity index (χ0v) is 13.2. The summed E-state index contributed by atoms with van der Waals surface area (Å²) in [7, 11) is 0. The van der Waals surface area contributed by atoms with E-state index in [-0.39, 0.29) is 13.1 Å². The van der Waals surface area contributed by atoms with Gasteiger partial charge in [-0.1, -0.05) is 29.8 Å². The fourth-order valence-corrected chi connectivity index (χ4v) is 2.66. The topological polar surface area (TPSA) is 78.4 Å². The molecule has 7 heteroatoms. The Morgan fingerprint density at radius 1 is 1.18 bits per heavy atom. The second kappa shape index (κ2) is 7.93. The van der Waals surface area contributed by atoms with E-state index >= 15 is 0 Å². The van der Waals surface area contributed by atoms with Crippen LogP contribution < -0.4 is 10.6 Å². The third kappa shape index (κ3) is 4.56. The Morgan fingerprint density at radius 3 is 2.59 bits per heavy atom. The summed E-state index contributed by atoms with van der Waals surface area (Å²) in [5.74, 6) is -1.56. The molecule has 0 saturated heterocycles. The predicted molar refractivity (Wildman–Crippen MR) is 85.6 cm³/mol. The van der Waals surface area contributed by atoms with Crippen molar-refractivity contribution in [1.82, 2.24) is 10.6 Å². The minimum absolute atomic E-state index is 0.0188. The fourth-order valence-electron chi connectivity index (χ4n) is 1.75. The number of thiophene rings is 1. The summed E-state index contributed by atoms with van der Waals surface area (Å²) in [6, 6.07) is 8.82. The lowest BCUT2D eigenvalue weighted by atomic mass is 10.2. The fraction of sp³-hybridized carbons (Fsp3) is 0.200. The van der Waals surface area contributed by atoms with E-state index in [1.807, 2.05) is 5.38 Å². The van der Waals surface area contributed by atoms with E-state index in [0.29, 0.717) is 10.6 Å². The van der Waals surface area contributed by atoms with Gasteiger partial charge in [-0.05, 0) is 34.0 Å². The maximum atomic E-state index is 11.7. The second-order valence-electron chi connectivity index (χ2n) is 4.56. The van der Waals surface area contributed by atoms with Gasteiger partial charge in [0.1, 0.15) is 0 Å². The smallest absolute Gasteiger partial charge is 0.309 e. The zero-order chi connectivity index (χ0) is 15.9. The van der Waals surface area contributed by atoms with Crippen molar-refractivity contribution < 1.29 is 14.7 Å². The number of carbonyl (C=O) groups excluding carboxylic acids is 2. The third-order valence-corrected chi connectivity index (χ3v) is 4.06. The van der Waals surface area contributed by atoms with Gasteiger partial charge in [-0.2, -0.15) is 11.3 Å². The number of aliphatic hydroxyl groups excluding tert-OH is 1. The maximum absolute atomic E-state index is 11.7. The van der Waals surface area contributed by atoms with Crippen molar-refractivity contribution >= 4 is 34.8 Å². The average molecular weight is 339 g/mol. The Bertz CT molecular complexity index is 646. The molecule has 0 saturated carbocycles. The van der Waals surface area contributed by atoms with Crippen LogP contribution in [0.1, 0.15) is 17.2 Å². The molecule has 0 spiro atoms. The average Bonchev–Trinajstić information content (AvgIpc) is 3.05. The first-order valence-corrected chi connectivity index (χ1v) is 7.89. The zero-order valence-electron chi connectivity index (χ0n) is 11.6. The van der Waals surface area contributed by atoms with Crippen LogP contribution in [-0.4, -0.2) is 23.5 Å². The summed E-state index contributed by atoms with van der Waals surface area (Å²) in [5, 5.41) is 18.8. The number of benzene rings is 1. The number of hydrogen-bond donors (Lipinski definition) is 3. The number of carbonyl (C=O) groups is 2. The van der Waals surface area contributed by atoms with E-state index in [2.05, 4.69) is 10.6 Å². The van der Waals surface area contributed by atoms with Gasteiger partial charge in [0.2, 0.25) is 0 Å². The summed E-state index contributed by atoms with van der Waals surface area (Å²) < 4.78 is 0. The third-order valence-electron chi connectivity index (χ3n) is 2.99. The normalized spacial score (nSPS) is 11.7. The molecule has 0 radical (unpaired) electrons. The van der Waals surface area contributed by atoms with E-state index in [9.17, 15) is 14.7 Å². The molecule has 0 unspecified atom stereocenters. The van der Waals surface area contributed by atoms with Gasteiger partial charge >= 0.3 is 11.8 Å². The highest BCUT2D eigenvalue weighted by atomic mass is 35.5. The Kier molecular flexibility index (Phi) is 5.94. The van der Waals surface area contributed by atoms with Crippen LogP contribution in [0.5, 0.6) is 0 Å². The van der Waals surface area contributed by atoms with E-state index in [1.165, 1.54) is 11.3 Å². The van der Waals surface area contributed by atoms with Gasteiger partial charge < -0.3 is 15.7 Å². The van der Waals surface area contributed by atoms with Gasteiger partial charge in [-0.15, -0.1) is 0 Å². The van der Waals surface area contributed by atoms with Crippen molar-refractivity contribution in [2.24, 2.45) is 0 Å². The summed E-state index contributed by atoms with van der Waals surface area (Å²) in [5.41, 5.74) is 1.44. The van der Waals surface area contributed by atoms with Crippen LogP contribution in [0.15, 0.2) is 41.1 Å². The number of hydrogen-bond acceptors (Lipinski definition) is 4. The van der Waals surface area contributed by atoms with Crippen molar-refractivity contribution in [3.05, 3.63) is 57.2 Å². The van der Waals surface area contributed by atoms with Crippen molar-refractivity contribution in [2.75, 3.05) is 6.54 Å². The van der Waals surface area contributed by atoms with Gasteiger partial charge in [0.25, 0.3) is 0 Å². The first kappa shape index (κ1) is 16.5. The summed E-state index contributed by atoms with van der Waals surface area (Å²) >= 11 is 7.41. The van der Waals surface area contributed by atoms with Crippen LogP contribution in [0.3, 0.4) is 0 Å². The van der Waals surface area contributed by atoms with Gasteiger partial charge in [0, 0.05) is 18.1 Å². The lowest BCUT2D eigenvalue weighted by molar-refractivity contribution is -0.139. The summed E-state index contributed by atoms with van der Waals surface area (Å²) in [4.78, 5) is 23.3. The molecule has 1 aromatic carbocycles. The van der Waals surface area contributed by atoms with E-state index < -0.39 is 17.9 Å². The molecule has 116 valence electrons. The van der Waals surface area contributed by atoms with Gasteiger partial charge in [0.05, 0.1) is 6.10 Å². The number of halogens is 1. The van der Waals surface area contributed by atoms with Crippen molar-refractivity contribution in [1.29, 1.82) is 0 Å². The molecule has 0 bridgehead atoms. The molecule has 0 fully saturated rings. The molecule has 0 aliphatic rings. The summed E-state index contributed by atoms with van der Waals surface area (Å²) in [6.45, 7) is 0.147. The maximum Gasteiger partial charge on any atom is 0.309 e. The molecular weight excluding hydrogens is 324 g/mol. The molecule has 1 aromatic heterocycles. The predicted octanol–water partition coefficient (Wildman–Crippen LogP) is 1.87. The van der Waals surface area contributed by atoms with E-state index in [4.69, 9.17) is 11.6 Å². The Morgan fingerprint density at radius 2 is 1.91 bits per heavy atom. The standard InChI is InChI=1S/C15H15ClN2O3S/c16-12-4-2-1-3-10(12)7-17-14(20)15(21)18-8-13(19)11-5-6-22-9-11/h1-6,9,13,19H,7-8H2,(H,17,20)(H,18,21)/t13-/m1/s1. The molecular formula is C15H15ClN2O3S. The first-order valence-electron chi connectivity index (χ1n) is 6.57. The second-order valence-corrected chi connectivity index (χ2v) is 5.74. The molecule has 2 amide bonds. The Balaban J connectivity index is 1.78. The van der Waals surface area contributed by atoms with Crippen molar-refractivity contribution in [3.8, 4) is 0 Å². The number of aliphatic hydroxyl groups is 1. The Labute approximate surface area is 136 Å². The largest absolute Gasteiger partial charge is 0.387 e. The minimum atomic E-state index is -0.827. The van der Waals surface area contributed by atoms with Crippen LogP contribution in [0.2, 0.25) is 5.02 Å². The first-order chi connectivity index (χ1) is 10.6. The quantitative estimate of drug-likeness (QED) is 0.728. The molecule has 3 N–H and O–H groups in total. The summed E-state index contributed by atoms with van der Waals surface area (Å²) in [6.07, 6.45) is -0.827. The molecule has 1 atom stereocenters. The van der Waals surface area contributed by atoms with E-state index in [0.717, 1.165) is 5.56 Å². The lowest BCUT2D eigenvalue weighted by Gasteiger charge is -2.11. The molecule has 2 aromatic rings. The SMILES string of the molecule is O=C(NCc1ccccc1Cl)C(=O)NC[C@@H](O)c1ccsc1. The highest BCUT2D eigenvalue weighted by Gasteiger charge is 2.16. The molecule has 22 heavy (non-hydrogen) atoms. The van der Waals surface area contributed by atoms with Gasteiger partial charge in [-0.25, -0.2) is 0 Å². The number of amides is 2. The molecule has 5 nitrogen and oxygen atoms in total. The van der Waals surface area contributed by atoms with Crippen LogP contribution in [0, 0.1) is 0 Å². The highest BCUT2D eigenvalue weighted by Crippen LogP contribution is 2.15. The molecule has 0 aliphatic heterocycles. The van der Waals surface area contributed by atoms with Crippen LogP contribution in [0.4, 0.5) is 0 Å². The van der Waals surface area contributed by atoms with E-state index in [1.54, 1.807) is 35.7 Å².